The predicted octanol–water partition coefficient (Wildman–Crippen LogP) is 12.2. The maximum absolute atomic E-state index is 2.38. The molecule has 0 saturated carbocycles. The van der Waals surface area contributed by atoms with Crippen molar-refractivity contribution in [3.63, 3.8) is 0 Å². The van der Waals surface area contributed by atoms with E-state index in [0.717, 1.165) is 0 Å². The predicted molar refractivity (Wildman–Crippen MR) is 196 cm³/mol. The molecule has 0 atom stereocenters. The number of aromatic nitrogens is 2. The van der Waals surface area contributed by atoms with E-state index in [0.29, 0.717) is 0 Å². The highest BCUT2D eigenvalue weighted by molar-refractivity contribution is 8.00. The molecule has 0 aliphatic carbocycles. The van der Waals surface area contributed by atoms with Crippen LogP contribution >= 0.6 is 23.5 Å². The molecule has 0 N–H and O–H groups in total. The normalized spacial score (nSPS) is 11.7. The third-order valence-electron chi connectivity index (χ3n) is 8.60. The third kappa shape index (κ3) is 4.69. The van der Waals surface area contributed by atoms with E-state index in [1.165, 1.54) is 74.6 Å². The first-order valence-corrected chi connectivity index (χ1v) is 17.1. The SMILES string of the molecule is c1ccc(-n2c3ccccc3c3ccc(Sc4cccc(Sc5ccc6c7ccccc7n(-c7ccccc7)c6c5)c4)cc32)cc1. The Kier molecular flexibility index (Phi) is 6.69. The van der Waals surface area contributed by atoms with E-state index in [4.69, 9.17) is 0 Å². The Hall–Kier alpha value is -5.16. The average Bonchev–Trinajstić information content (AvgIpc) is 3.61. The number of fused-ring (bicyclic) bond motifs is 6. The van der Waals surface area contributed by atoms with Crippen LogP contribution in [0.5, 0.6) is 0 Å². The Morgan fingerprint density at radius 3 is 1.15 bits per heavy atom. The molecular formula is C42H28N2S2. The van der Waals surface area contributed by atoms with Gasteiger partial charge >= 0.3 is 0 Å². The summed E-state index contributed by atoms with van der Waals surface area (Å²) >= 11 is 3.63. The Morgan fingerprint density at radius 1 is 0.283 bits per heavy atom. The first-order chi connectivity index (χ1) is 22.8. The quantitative estimate of drug-likeness (QED) is 0.182. The zero-order chi connectivity index (χ0) is 30.5. The van der Waals surface area contributed by atoms with Crippen molar-refractivity contribution in [1.82, 2.24) is 9.13 Å². The average molecular weight is 625 g/mol. The summed E-state index contributed by atoms with van der Waals surface area (Å²) in [5.74, 6) is 0. The van der Waals surface area contributed by atoms with Crippen LogP contribution in [0.15, 0.2) is 189 Å². The fourth-order valence-electron chi connectivity index (χ4n) is 6.61. The minimum Gasteiger partial charge on any atom is -0.309 e. The fraction of sp³-hybridized carbons (Fsp3) is 0. The van der Waals surface area contributed by atoms with Crippen molar-refractivity contribution in [2.45, 2.75) is 19.6 Å². The molecule has 0 unspecified atom stereocenters. The van der Waals surface area contributed by atoms with Crippen LogP contribution in [0.2, 0.25) is 0 Å². The van der Waals surface area contributed by atoms with Crippen LogP contribution in [0.25, 0.3) is 55.0 Å². The molecule has 7 aromatic carbocycles. The highest BCUT2D eigenvalue weighted by Crippen LogP contribution is 2.40. The van der Waals surface area contributed by atoms with Crippen molar-refractivity contribution < 1.29 is 0 Å². The molecule has 46 heavy (non-hydrogen) atoms. The summed E-state index contributed by atoms with van der Waals surface area (Å²) in [7, 11) is 0. The molecule has 0 fully saturated rings. The van der Waals surface area contributed by atoms with E-state index in [2.05, 4.69) is 179 Å². The molecule has 2 heterocycles. The smallest absolute Gasteiger partial charge is 0.0552 e. The molecule has 9 rings (SSSR count). The van der Waals surface area contributed by atoms with Crippen LogP contribution in [-0.4, -0.2) is 9.13 Å². The van der Waals surface area contributed by atoms with Gasteiger partial charge in [0.25, 0.3) is 0 Å². The molecule has 0 bridgehead atoms. The van der Waals surface area contributed by atoms with Gasteiger partial charge in [0.2, 0.25) is 0 Å². The van der Waals surface area contributed by atoms with Crippen molar-refractivity contribution in [3.8, 4) is 11.4 Å². The molecule has 0 aliphatic rings. The fourth-order valence-corrected chi connectivity index (χ4v) is 8.51. The van der Waals surface area contributed by atoms with E-state index in [1.54, 1.807) is 0 Å². The second kappa shape index (κ2) is 11.3. The van der Waals surface area contributed by atoms with E-state index in [9.17, 15) is 0 Å². The van der Waals surface area contributed by atoms with Gasteiger partial charge in [0.15, 0.2) is 0 Å². The van der Waals surface area contributed by atoms with Gasteiger partial charge in [-0.15, -0.1) is 0 Å². The Labute approximate surface area is 275 Å². The summed E-state index contributed by atoms with van der Waals surface area (Å²) in [6.45, 7) is 0. The Morgan fingerprint density at radius 2 is 0.674 bits per heavy atom. The first-order valence-electron chi connectivity index (χ1n) is 15.4. The monoisotopic (exact) mass is 624 g/mol. The molecule has 0 radical (unpaired) electrons. The van der Waals surface area contributed by atoms with E-state index in [-0.39, 0.29) is 0 Å². The second-order valence-electron chi connectivity index (χ2n) is 11.4. The third-order valence-corrected chi connectivity index (χ3v) is 10.6. The standard InChI is InChI=1S/C42H28N2S2/c1-3-12-29(13-4-1)43-39-20-9-7-18-35(39)37-24-22-33(27-41(37)43)45-31-16-11-17-32(26-31)46-34-23-25-38-36-19-8-10-21-40(36)44(42(38)28-34)30-14-5-2-6-15-30/h1-28H. The van der Waals surface area contributed by atoms with Crippen molar-refractivity contribution in [2.24, 2.45) is 0 Å². The zero-order valence-electron chi connectivity index (χ0n) is 24.9. The van der Waals surface area contributed by atoms with Crippen molar-refractivity contribution in [1.29, 1.82) is 0 Å². The molecule has 4 heteroatoms. The van der Waals surface area contributed by atoms with Crippen LogP contribution in [0.4, 0.5) is 0 Å². The topological polar surface area (TPSA) is 9.86 Å². The van der Waals surface area contributed by atoms with Crippen molar-refractivity contribution in [3.05, 3.63) is 170 Å². The molecular weight excluding hydrogens is 597 g/mol. The van der Waals surface area contributed by atoms with Crippen LogP contribution in [0.3, 0.4) is 0 Å². The molecule has 218 valence electrons. The van der Waals surface area contributed by atoms with E-state index < -0.39 is 0 Å². The Bertz CT molecular complexity index is 2350. The van der Waals surface area contributed by atoms with Gasteiger partial charge in [0.05, 0.1) is 22.1 Å². The second-order valence-corrected chi connectivity index (χ2v) is 13.7. The summed E-state index contributed by atoms with van der Waals surface area (Å²) in [5.41, 5.74) is 7.27. The van der Waals surface area contributed by atoms with Gasteiger partial charge in [-0.25, -0.2) is 0 Å². The van der Waals surface area contributed by atoms with Gasteiger partial charge in [-0.2, -0.15) is 0 Å². The summed E-state index contributed by atoms with van der Waals surface area (Å²) in [4.78, 5) is 4.91. The maximum Gasteiger partial charge on any atom is 0.0552 e. The lowest BCUT2D eigenvalue weighted by Crippen LogP contribution is -1.93. The summed E-state index contributed by atoms with van der Waals surface area (Å²) < 4.78 is 4.76. The lowest BCUT2D eigenvalue weighted by atomic mass is 10.2. The summed E-state index contributed by atoms with van der Waals surface area (Å²) in [6.07, 6.45) is 0. The number of hydrogen-bond donors (Lipinski definition) is 0. The molecule has 0 spiro atoms. The lowest BCUT2D eigenvalue weighted by Gasteiger charge is -2.10. The largest absolute Gasteiger partial charge is 0.309 e. The summed E-state index contributed by atoms with van der Waals surface area (Å²) in [5, 5.41) is 5.10. The molecule has 0 aliphatic heterocycles. The minimum atomic E-state index is 1.18. The lowest BCUT2D eigenvalue weighted by molar-refractivity contribution is 1.17. The minimum absolute atomic E-state index is 1.18. The highest BCUT2D eigenvalue weighted by Gasteiger charge is 2.15. The number of para-hydroxylation sites is 4. The first kappa shape index (κ1) is 27.2. The molecule has 2 aromatic heterocycles. The van der Waals surface area contributed by atoms with E-state index in [1.807, 2.05) is 23.5 Å². The van der Waals surface area contributed by atoms with Crippen molar-refractivity contribution >= 4 is 67.1 Å². The van der Waals surface area contributed by atoms with Crippen molar-refractivity contribution in [2.75, 3.05) is 0 Å². The van der Waals surface area contributed by atoms with Crippen LogP contribution in [0.1, 0.15) is 0 Å². The zero-order valence-corrected chi connectivity index (χ0v) is 26.5. The number of rotatable bonds is 6. The van der Waals surface area contributed by atoms with Gasteiger partial charge < -0.3 is 9.13 Å². The van der Waals surface area contributed by atoms with Gasteiger partial charge in [0, 0.05) is 52.5 Å². The molecule has 9 aromatic rings. The van der Waals surface area contributed by atoms with Crippen LogP contribution in [0, 0.1) is 0 Å². The van der Waals surface area contributed by atoms with Gasteiger partial charge in [0.1, 0.15) is 0 Å². The summed E-state index contributed by atoms with van der Waals surface area (Å²) in [6, 6.07) is 61.3. The van der Waals surface area contributed by atoms with Gasteiger partial charge in [-0.05, 0) is 78.9 Å². The highest BCUT2D eigenvalue weighted by atomic mass is 32.2. The maximum atomic E-state index is 2.38. The van der Waals surface area contributed by atoms with Gasteiger partial charge in [-0.1, -0.05) is 115 Å². The molecule has 2 nitrogen and oxygen atoms in total. The van der Waals surface area contributed by atoms with Crippen LogP contribution in [-0.2, 0) is 0 Å². The van der Waals surface area contributed by atoms with Crippen LogP contribution < -0.4 is 0 Å². The number of hydrogen-bond acceptors (Lipinski definition) is 2. The van der Waals surface area contributed by atoms with E-state index >= 15 is 0 Å². The number of benzene rings is 7. The molecule has 0 amide bonds. The number of nitrogens with zero attached hydrogens (tertiary/aromatic N) is 2. The van der Waals surface area contributed by atoms with Gasteiger partial charge in [-0.3, -0.25) is 0 Å². The Balaban J connectivity index is 1.06. The molecule has 0 saturated heterocycles.